The maximum Gasteiger partial charge on any atom is 0.119 e. The summed E-state index contributed by atoms with van der Waals surface area (Å²) in [5.74, 6) is 0.828. The van der Waals surface area contributed by atoms with Gasteiger partial charge in [-0.05, 0) is 58.1 Å². The summed E-state index contributed by atoms with van der Waals surface area (Å²) in [6.45, 7) is 6.18. The molecule has 0 radical (unpaired) electrons. The highest BCUT2D eigenvalue weighted by atomic mass is 16.5. The largest absolute Gasteiger partial charge is 0.491 e. The fraction of sp³-hybridized carbons (Fsp3) is 0.647. The van der Waals surface area contributed by atoms with E-state index in [4.69, 9.17) is 4.74 Å². The summed E-state index contributed by atoms with van der Waals surface area (Å²) in [5.41, 5.74) is 1.25. The summed E-state index contributed by atoms with van der Waals surface area (Å²) in [4.78, 5) is 2.17. The first kappa shape index (κ1) is 18.0. The molecule has 4 nitrogen and oxygen atoms in total. The first-order valence-electron chi connectivity index (χ1n) is 7.79. The Bertz CT molecular complexity index is 396. The topological polar surface area (TPSA) is 44.7 Å². The Morgan fingerprint density at radius 1 is 1.33 bits per heavy atom. The fourth-order valence-corrected chi connectivity index (χ4v) is 2.00. The molecule has 0 aliphatic rings. The average Bonchev–Trinajstić information content (AvgIpc) is 2.49. The smallest absolute Gasteiger partial charge is 0.119 e. The summed E-state index contributed by atoms with van der Waals surface area (Å²) in [7, 11) is 4.14. The second-order valence-corrected chi connectivity index (χ2v) is 5.87. The van der Waals surface area contributed by atoms with E-state index in [1.807, 2.05) is 18.2 Å². The lowest BCUT2D eigenvalue weighted by molar-refractivity contribution is 0.103. The van der Waals surface area contributed by atoms with E-state index in [9.17, 15) is 5.11 Å². The van der Waals surface area contributed by atoms with Crippen LogP contribution < -0.4 is 10.1 Å². The van der Waals surface area contributed by atoms with Crippen LogP contribution in [0.3, 0.4) is 0 Å². The molecule has 2 N–H and O–H groups in total. The van der Waals surface area contributed by atoms with Crippen molar-refractivity contribution in [3.63, 3.8) is 0 Å². The van der Waals surface area contributed by atoms with Gasteiger partial charge >= 0.3 is 0 Å². The van der Waals surface area contributed by atoms with E-state index >= 15 is 0 Å². The van der Waals surface area contributed by atoms with Crippen molar-refractivity contribution >= 4 is 0 Å². The Labute approximate surface area is 129 Å². The number of aliphatic hydroxyl groups is 1. The van der Waals surface area contributed by atoms with Gasteiger partial charge in [0.2, 0.25) is 0 Å². The van der Waals surface area contributed by atoms with Gasteiger partial charge in [0.15, 0.2) is 0 Å². The lowest BCUT2D eigenvalue weighted by Crippen LogP contribution is -2.37. The molecule has 1 rings (SSSR count). The van der Waals surface area contributed by atoms with Crippen LogP contribution in [0.5, 0.6) is 5.75 Å². The molecule has 4 heteroatoms. The van der Waals surface area contributed by atoms with Crippen LogP contribution in [0.15, 0.2) is 24.3 Å². The van der Waals surface area contributed by atoms with Gasteiger partial charge in [-0.1, -0.05) is 19.1 Å². The van der Waals surface area contributed by atoms with E-state index < -0.39 is 6.10 Å². The van der Waals surface area contributed by atoms with Gasteiger partial charge in [-0.3, -0.25) is 0 Å². The van der Waals surface area contributed by atoms with Crippen molar-refractivity contribution in [3.05, 3.63) is 29.8 Å². The SMILES string of the molecule is CCc1cccc(OCC(O)CNC(C)CCN(C)C)c1. The molecule has 0 amide bonds. The first-order chi connectivity index (χ1) is 10.0. The number of ether oxygens (including phenoxy) is 1. The zero-order chi connectivity index (χ0) is 15.7. The molecular weight excluding hydrogens is 264 g/mol. The molecule has 0 fully saturated rings. The lowest BCUT2D eigenvalue weighted by Gasteiger charge is -2.19. The highest BCUT2D eigenvalue weighted by Gasteiger charge is 2.08. The number of aliphatic hydroxyl groups excluding tert-OH is 1. The van der Waals surface area contributed by atoms with Gasteiger partial charge in [-0.2, -0.15) is 0 Å². The maximum absolute atomic E-state index is 9.97. The third kappa shape index (κ3) is 8.05. The van der Waals surface area contributed by atoms with E-state index in [0.717, 1.165) is 25.1 Å². The molecular formula is C17H30N2O2. The van der Waals surface area contributed by atoms with Crippen LogP contribution >= 0.6 is 0 Å². The van der Waals surface area contributed by atoms with Crippen LogP contribution in [0.2, 0.25) is 0 Å². The number of nitrogens with one attached hydrogen (secondary N) is 1. The summed E-state index contributed by atoms with van der Waals surface area (Å²) >= 11 is 0. The van der Waals surface area contributed by atoms with Crippen LogP contribution in [0.1, 0.15) is 25.8 Å². The maximum atomic E-state index is 9.97. The van der Waals surface area contributed by atoms with Crippen LogP contribution in [-0.4, -0.2) is 55.9 Å². The van der Waals surface area contributed by atoms with Crippen molar-refractivity contribution in [2.45, 2.75) is 38.8 Å². The number of aryl methyl sites for hydroxylation is 1. The van der Waals surface area contributed by atoms with Gasteiger partial charge in [-0.25, -0.2) is 0 Å². The Balaban J connectivity index is 2.22. The molecule has 0 saturated heterocycles. The standard InChI is InChI=1S/C17H30N2O2/c1-5-15-7-6-8-17(11-15)21-13-16(20)12-18-14(2)9-10-19(3)4/h6-8,11,14,16,18,20H,5,9-10,12-13H2,1-4H3. The minimum Gasteiger partial charge on any atom is -0.491 e. The second kappa shape index (κ2) is 9.77. The van der Waals surface area contributed by atoms with Gasteiger partial charge in [0.1, 0.15) is 18.5 Å². The van der Waals surface area contributed by atoms with E-state index in [1.54, 1.807) is 0 Å². The highest BCUT2D eigenvalue weighted by Crippen LogP contribution is 2.13. The van der Waals surface area contributed by atoms with E-state index in [1.165, 1.54) is 5.56 Å². The monoisotopic (exact) mass is 294 g/mol. The minimum absolute atomic E-state index is 0.320. The molecule has 2 atom stereocenters. The Kier molecular flexibility index (Phi) is 8.35. The van der Waals surface area contributed by atoms with E-state index in [-0.39, 0.29) is 0 Å². The number of hydrogen-bond donors (Lipinski definition) is 2. The van der Waals surface area contributed by atoms with E-state index in [2.05, 4.69) is 44.2 Å². The van der Waals surface area contributed by atoms with Crippen molar-refractivity contribution in [1.29, 1.82) is 0 Å². The summed E-state index contributed by atoms with van der Waals surface area (Å²) in [6, 6.07) is 8.42. The summed E-state index contributed by atoms with van der Waals surface area (Å²) < 4.78 is 5.64. The second-order valence-electron chi connectivity index (χ2n) is 5.87. The summed E-state index contributed by atoms with van der Waals surface area (Å²) in [6.07, 6.45) is 1.57. The summed E-state index contributed by atoms with van der Waals surface area (Å²) in [5, 5.41) is 13.3. The number of rotatable bonds is 10. The minimum atomic E-state index is -0.489. The molecule has 0 heterocycles. The van der Waals surface area contributed by atoms with Gasteiger partial charge in [0.05, 0.1) is 0 Å². The van der Waals surface area contributed by atoms with Crippen LogP contribution in [0.4, 0.5) is 0 Å². The van der Waals surface area contributed by atoms with Gasteiger partial charge in [0.25, 0.3) is 0 Å². The van der Waals surface area contributed by atoms with Crippen molar-refractivity contribution in [3.8, 4) is 5.75 Å². The van der Waals surface area contributed by atoms with Crippen molar-refractivity contribution < 1.29 is 9.84 Å². The molecule has 0 bridgehead atoms. The molecule has 2 unspecified atom stereocenters. The predicted octanol–water partition coefficient (Wildman–Crippen LogP) is 1.92. The van der Waals surface area contributed by atoms with Crippen LogP contribution in [0.25, 0.3) is 0 Å². The molecule has 0 aliphatic heterocycles. The number of hydrogen-bond acceptors (Lipinski definition) is 4. The highest BCUT2D eigenvalue weighted by molar-refractivity contribution is 5.28. The Hall–Kier alpha value is -1.10. The van der Waals surface area contributed by atoms with Gasteiger partial charge in [-0.15, -0.1) is 0 Å². The normalized spacial score (nSPS) is 14.2. The van der Waals surface area contributed by atoms with Crippen LogP contribution in [0, 0.1) is 0 Å². The third-order valence-electron chi connectivity index (χ3n) is 3.46. The molecule has 0 aromatic heterocycles. The average molecular weight is 294 g/mol. The van der Waals surface area contributed by atoms with Crippen molar-refractivity contribution in [2.75, 3.05) is 33.8 Å². The fourth-order valence-electron chi connectivity index (χ4n) is 2.00. The molecule has 1 aromatic carbocycles. The molecule has 21 heavy (non-hydrogen) atoms. The van der Waals surface area contributed by atoms with Crippen LogP contribution in [-0.2, 0) is 6.42 Å². The molecule has 0 spiro atoms. The van der Waals surface area contributed by atoms with Crippen molar-refractivity contribution in [2.24, 2.45) is 0 Å². The zero-order valence-corrected chi connectivity index (χ0v) is 13.8. The quantitative estimate of drug-likeness (QED) is 0.692. The predicted molar refractivity (Wildman–Crippen MR) is 88.0 cm³/mol. The lowest BCUT2D eigenvalue weighted by atomic mass is 10.2. The first-order valence-corrected chi connectivity index (χ1v) is 7.79. The van der Waals surface area contributed by atoms with Gasteiger partial charge in [0, 0.05) is 12.6 Å². The van der Waals surface area contributed by atoms with Gasteiger partial charge < -0.3 is 20.1 Å². The van der Waals surface area contributed by atoms with E-state index in [0.29, 0.717) is 19.2 Å². The zero-order valence-electron chi connectivity index (χ0n) is 13.8. The number of benzene rings is 1. The molecule has 0 aliphatic carbocycles. The molecule has 120 valence electrons. The third-order valence-corrected chi connectivity index (χ3v) is 3.46. The number of nitrogens with zero attached hydrogens (tertiary/aromatic N) is 1. The molecule has 0 saturated carbocycles. The molecule has 1 aromatic rings. The van der Waals surface area contributed by atoms with Crippen molar-refractivity contribution in [1.82, 2.24) is 10.2 Å². The Morgan fingerprint density at radius 2 is 2.10 bits per heavy atom. The Morgan fingerprint density at radius 3 is 2.76 bits per heavy atom.